The van der Waals surface area contributed by atoms with E-state index in [1.54, 1.807) is 12.1 Å². The lowest BCUT2D eigenvalue weighted by molar-refractivity contribution is -0.898. The third-order valence-corrected chi connectivity index (χ3v) is 4.03. The quantitative estimate of drug-likeness (QED) is 0.400. The summed E-state index contributed by atoms with van der Waals surface area (Å²) in [5.41, 5.74) is 1.60. The highest BCUT2D eigenvalue weighted by Crippen LogP contribution is 2.27. The van der Waals surface area contributed by atoms with E-state index in [-0.39, 0.29) is 42.1 Å². The van der Waals surface area contributed by atoms with Crippen LogP contribution in [0.15, 0.2) is 60.7 Å². The fourth-order valence-electron chi connectivity index (χ4n) is 2.25. The molecule has 0 heterocycles. The van der Waals surface area contributed by atoms with E-state index in [0.29, 0.717) is 10.0 Å². The summed E-state index contributed by atoms with van der Waals surface area (Å²) in [6, 6.07) is 19.2. The molecule has 2 atom stereocenters. The van der Waals surface area contributed by atoms with E-state index in [2.05, 4.69) is 28.1 Å². The molecule has 0 aliphatic heterocycles. The number of ether oxygens (including phenoxy) is 1. The van der Waals surface area contributed by atoms with Crippen LogP contribution in [0.25, 0.3) is 0 Å². The van der Waals surface area contributed by atoms with Gasteiger partial charge in [-0.25, -0.2) is 4.79 Å². The number of likely N-dealkylation sites (N-methyl/N-ethyl adjacent to an activating group) is 1. The molecule has 0 aliphatic rings. The summed E-state index contributed by atoms with van der Waals surface area (Å²) >= 11 is 0. The van der Waals surface area contributed by atoms with Gasteiger partial charge in [0.1, 0.15) is 6.04 Å². The first-order valence-electron chi connectivity index (χ1n) is 7.51. The van der Waals surface area contributed by atoms with Crippen molar-refractivity contribution in [1.82, 2.24) is 0 Å². The molecular weight excluding hydrogens is 401 g/mol. The van der Waals surface area contributed by atoms with Gasteiger partial charge in [-0.15, -0.1) is 0 Å². The maximum atomic E-state index is 12.4. The van der Waals surface area contributed by atoms with Crippen LogP contribution in [0.4, 0.5) is 0 Å². The SMILES string of the molecule is CC(C(OC(=O)c1ccccc1)c1ccccc1)[N+](C)(C)C.[I-]. The van der Waals surface area contributed by atoms with Gasteiger partial charge in [0.25, 0.3) is 0 Å². The van der Waals surface area contributed by atoms with Gasteiger partial charge in [0.05, 0.1) is 26.7 Å². The molecule has 0 fully saturated rings. The van der Waals surface area contributed by atoms with E-state index < -0.39 is 0 Å². The molecule has 0 bridgehead atoms. The molecule has 0 spiro atoms. The number of hydrogen-bond donors (Lipinski definition) is 0. The van der Waals surface area contributed by atoms with Crippen LogP contribution in [-0.2, 0) is 4.74 Å². The molecule has 3 nitrogen and oxygen atoms in total. The van der Waals surface area contributed by atoms with E-state index in [9.17, 15) is 4.79 Å². The minimum absolute atomic E-state index is 0. The Morgan fingerprint density at radius 1 is 0.913 bits per heavy atom. The number of carbonyl (C=O) groups excluding carboxylic acids is 1. The normalized spacial score (nSPS) is 13.6. The van der Waals surface area contributed by atoms with Crippen molar-refractivity contribution in [3.63, 3.8) is 0 Å². The molecule has 0 N–H and O–H groups in total. The first-order valence-corrected chi connectivity index (χ1v) is 7.51. The molecule has 2 aromatic rings. The van der Waals surface area contributed by atoms with Gasteiger partial charge in [0.15, 0.2) is 6.10 Å². The first-order chi connectivity index (χ1) is 10.4. The lowest BCUT2D eigenvalue weighted by Gasteiger charge is -2.36. The van der Waals surface area contributed by atoms with E-state index in [4.69, 9.17) is 4.74 Å². The number of quaternary nitrogens is 1. The van der Waals surface area contributed by atoms with E-state index >= 15 is 0 Å². The van der Waals surface area contributed by atoms with Crippen LogP contribution in [0.3, 0.4) is 0 Å². The highest BCUT2D eigenvalue weighted by molar-refractivity contribution is 5.89. The van der Waals surface area contributed by atoms with Gasteiger partial charge < -0.3 is 33.2 Å². The van der Waals surface area contributed by atoms with Crippen molar-refractivity contribution in [3.05, 3.63) is 71.8 Å². The molecule has 0 amide bonds. The van der Waals surface area contributed by atoms with Crippen LogP contribution >= 0.6 is 0 Å². The van der Waals surface area contributed by atoms with E-state index in [1.807, 2.05) is 48.5 Å². The van der Waals surface area contributed by atoms with Crippen molar-refractivity contribution in [1.29, 1.82) is 0 Å². The average molecular weight is 425 g/mol. The number of benzene rings is 2. The highest BCUT2D eigenvalue weighted by atomic mass is 127. The van der Waals surface area contributed by atoms with Gasteiger partial charge in [-0.2, -0.15) is 0 Å². The Bertz CT molecular complexity index is 608. The smallest absolute Gasteiger partial charge is 0.338 e. The summed E-state index contributed by atoms with van der Waals surface area (Å²) in [7, 11) is 6.32. The maximum Gasteiger partial charge on any atom is 0.338 e. The molecule has 2 unspecified atom stereocenters. The van der Waals surface area contributed by atoms with Crippen molar-refractivity contribution < 1.29 is 38.0 Å². The number of rotatable bonds is 5. The summed E-state index contributed by atoms with van der Waals surface area (Å²) in [6.07, 6.45) is -0.283. The van der Waals surface area contributed by atoms with Gasteiger partial charge in [-0.05, 0) is 24.6 Å². The summed E-state index contributed by atoms with van der Waals surface area (Å²) < 4.78 is 6.57. The van der Waals surface area contributed by atoms with Crippen molar-refractivity contribution in [2.24, 2.45) is 0 Å². The minimum atomic E-state index is -0.283. The molecule has 0 radical (unpaired) electrons. The third kappa shape index (κ3) is 5.32. The number of carbonyl (C=O) groups is 1. The van der Waals surface area contributed by atoms with Gasteiger partial charge in [0, 0.05) is 0 Å². The lowest BCUT2D eigenvalue weighted by Crippen LogP contribution is -3.00. The maximum absolute atomic E-state index is 12.4. The highest BCUT2D eigenvalue weighted by Gasteiger charge is 2.33. The molecular formula is C19H24INO2. The summed E-state index contributed by atoms with van der Waals surface area (Å²) in [6.45, 7) is 2.11. The minimum Gasteiger partial charge on any atom is -1.00 e. The Balaban J connectivity index is 0.00000264. The Morgan fingerprint density at radius 3 is 1.87 bits per heavy atom. The van der Waals surface area contributed by atoms with Crippen LogP contribution < -0.4 is 24.0 Å². The molecule has 124 valence electrons. The van der Waals surface area contributed by atoms with Crippen LogP contribution in [0, 0.1) is 0 Å². The summed E-state index contributed by atoms with van der Waals surface area (Å²) in [4.78, 5) is 12.4. The molecule has 2 rings (SSSR count). The van der Waals surface area contributed by atoms with Gasteiger partial charge in [-0.1, -0.05) is 48.5 Å². The van der Waals surface area contributed by atoms with Gasteiger partial charge in [0.2, 0.25) is 0 Å². The zero-order valence-corrected chi connectivity index (χ0v) is 16.2. The van der Waals surface area contributed by atoms with E-state index in [0.717, 1.165) is 5.56 Å². The van der Waals surface area contributed by atoms with Crippen LogP contribution in [-0.4, -0.2) is 37.6 Å². The monoisotopic (exact) mass is 425 g/mol. The molecule has 2 aromatic carbocycles. The summed E-state index contributed by atoms with van der Waals surface area (Å²) in [5.74, 6) is -0.283. The first kappa shape index (κ1) is 19.6. The van der Waals surface area contributed by atoms with Crippen LogP contribution in [0.2, 0.25) is 0 Å². The van der Waals surface area contributed by atoms with Crippen LogP contribution in [0.1, 0.15) is 28.9 Å². The lowest BCUT2D eigenvalue weighted by atomic mass is 10.0. The van der Waals surface area contributed by atoms with Crippen molar-refractivity contribution >= 4 is 5.97 Å². The number of halogens is 1. The fraction of sp³-hybridized carbons (Fsp3) is 0.316. The van der Waals surface area contributed by atoms with Crippen LogP contribution in [0.5, 0.6) is 0 Å². The van der Waals surface area contributed by atoms with Crippen molar-refractivity contribution in [3.8, 4) is 0 Å². The van der Waals surface area contributed by atoms with Gasteiger partial charge in [-0.3, -0.25) is 0 Å². The molecule has 0 saturated carbocycles. The summed E-state index contributed by atoms with van der Waals surface area (Å²) in [5, 5.41) is 0. The largest absolute Gasteiger partial charge is 1.00 e. The Kier molecular flexibility index (Phi) is 7.22. The second kappa shape index (κ2) is 8.45. The molecule has 0 aromatic heterocycles. The second-order valence-electron chi connectivity index (χ2n) is 6.46. The number of nitrogens with zero attached hydrogens (tertiary/aromatic N) is 1. The average Bonchev–Trinajstić information content (AvgIpc) is 2.52. The third-order valence-electron chi connectivity index (χ3n) is 4.03. The Labute approximate surface area is 155 Å². The standard InChI is InChI=1S/C19H24NO2.HI/c1-15(20(2,3)4)18(16-11-7-5-8-12-16)22-19(21)17-13-9-6-10-14-17;/h5-15,18H,1-4H3;1H/q+1;/p-1. The Morgan fingerprint density at radius 2 is 1.39 bits per heavy atom. The molecule has 0 saturated heterocycles. The van der Waals surface area contributed by atoms with Crippen molar-refractivity contribution in [2.45, 2.75) is 19.1 Å². The number of hydrogen-bond acceptors (Lipinski definition) is 2. The molecule has 23 heavy (non-hydrogen) atoms. The second-order valence-corrected chi connectivity index (χ2v) is 6.46. The fourth-order valence-corrected chi connectivity index (χ4v) is 2.25. The molecule has 4 heteroatoms. The number of esters is 1. The van der Waals surface area contributed by atoms with Gasteiger partial charge >= 0.3 is 5.97 Å². The predicted octanol–water partition coefficient (Wildman–Crippen LogP) is 0.683. The predicted molar refractivity (Wildman–Crippen MR) is 88.5 cm³/mol. The zero-order chi connectivity index (χ0) is 16.2. The zero-order valence-electron chi connectivity index (χ0n) is 14.1. The van der Waals surface area contributed by atoms with Crippen molar-refractivity contribution in [2.75, 3.05) is 21.1 Å². The topological polar surface area (TPSA) is 26.3 Å². The molecule has 0 aliphatic carbocycles. The van der Waals surface area contributed by atoms with E-state index in [1.165, 1.54) is 0 Å². The Hall–Kier alpha value is -1.40.